The van der Waals surface area contributed by atoms with Gasteiger partial charge in [-0.1, -0.05) is 23.7 Å². The number of piperidine rings is 1. The molecule has 3 rings (SSSR count). The number of amides is 1. The third kappa shape index (κ3) is 3.78. The minimum absolute atomic E-state index is 0.182. The van der Waals surface area contributed by atoms with Crippen molar-refractivity contribution < 1.29 is 4.79 Å². The minimum atomic E-state index is 0.182. The first kappa shape index (κ1) is 17.0. The van der Waals surface area contributed by atoms with Crippen molar-refractivity contribution in [3.8, 4) is 0 Å². The molecule has 1 aromatic heterocycles. The van der Waals surface area contributed by atoms with Crippen LogP contribution in [0.25, 0.3) is 0 Å². The lowest BCUT2D eigenvalue weighted by Gasteiger charge is -2.32. The van der Waals surface area contributed by atoms with Crippen LogP contribution in [0.4, 0.5) is 0 Å². The highest BCUT2D eigenvalue weighted by Crippen LogP contribution is 2.28. The number of aromatic nitrogens is 3. The summed E-state index contributed by atoms with van der Waals surface area (Å²) in [5, 5.41) is 9.06. The highest BCUT2D eigenvalue weighted by molar-refractivity contribution is 6.30. The topological polar surface area (TPSA) is 51.0 Å². The lowest BCUT2D eigenvalue weighted by molar-refractivity contribution is -0.131. The molecule has 0 bridgehead atoms. The van der Waals surface area contributed by atoms with E-state index in [1.165, 1.54) is 0 Å². The van der Waals surface area contributed by atoms with Crippen molar-refractivity contribution in [3.63, 3.8) is 0 Å². The molecule has 1 aliphatic heterocycles. The van der Waals surface area contributed by atoms with E-state index >= 15 is 0 Å². The number of halogens is 1. The van der Waals surface area contributed by atoms with Crippen LogP contribution in [0.1, 0.15) is 50.0 Å². The van der Waals surface area contributed by atoms with E-state index in [4.69, 9.17) is 11.6 Å². The molecule has 0 N–H and O–H groups in total. The van der Waals surface area contributed by atoms with Crippen LogP contribution in [0.3, 0.4) is 0 Å². The summed E-state index contributed by atoms with van der Waals surface area (Å²) in [6.07, 6.45) is 4.12. The predicted octanol–water partition coefficient (Wildman–Crippen LogP) is 3.46. The summed E-state index contributed by atoms with van der Waals surface area (Å²) >= 11 is 5.89. The fraction of sp³-hybridized carbons (Fsp3) is 0.500. The van der Waals surface area contributed by atoms with E-state index < -0.39 is 0 Å². The molecule has 5 nitrogen and oxygen atoms in total. The average molecular weight is 347 g/mol. The normalized spacial score (nSPS) is 15.9. The lowest BCUT2D eigenvalue weighted by Crippen LogP contribution is -2.39. The van der Waals surface area contributed by atoms with Gasteiger partial charge in [-0.3, -0.25) is 4.79 Å². The Balaban J connectivity index is 1.57. The quantitative estimate of drug-likeness (QED) is 0.851. The van der Waals surface area contributed by atoms with Crippen LogP contribution in [0.5, 0.6) is 0 Å². The van der Waals surface area contributed by atoms with E-state index in [-0.39, 0.29) is 5.91 Å². The molecule has 1 fully saturated rings. The monoisotopic (exact) mass is 346 g/mol. The molecule has 128 valence electrons. The maximum atomic E-state index is 12.5. The van der Waals surface area contributed by atoms with Gasteiger partial charge in [0.1, 0.15) is 12.2 Å². The summed E-state index contributed by atoms with van der Waals surface area (Å²) in [6.45, 7) is 5.83. The molecular formula is C18H23ClN4O. The van der Waals surface area contributed by atoms with Crippen molar-refractivity contribution in [1.82, 2.24) is 19.7 Å². The first-order valence-electron chi connectivity index (χ1n) is 8.46. The molecule has 0 saturated carbocycles. The zero-order chi connectivity index (χ0) is 17.1. The Hall–Kier alpha value is -1.88. The standard InChI is InChI=1S/C18H23ClN4O/c1-13(2)23-12-20-21-18(23)15-7-9-22(10-8-15)17(24)11-14-3-5-16(19)6-4-14/h3-6,12-13,15H,7-11H2,1-2H3. The number of hydrogen-bond acceptors (Lipinski definition) is 3. The van der Waals surface area contributed by atoms with Gasteiger partial charge < -0.3 is 9.47 Å². The summed E-state index contributed by atoms with van der Waals surface area (Å²) in [7, 11) is 0. The van der Waals surface area contributed by atoms with Crippen LogP contribution >= 0.6 is 11.6 Å². The zero-order valence-corrected chi connectivity index (χ0v) is 14.9. The molecule has 0 aliphatic carbocycles. The third-order valence-corrected chi connectivity index (χ3v) is 4.89. The van der Waals surface area contributed by atoms with Crippen LogP contribution < -0.4 is 0 Å². The molecule has 24 heavy (non-hydrogen) atoms. The average Bonchev–Trinajstić information content (AvgIpc) is 3.07. The molecule has 2 heterocycles. The lowest BCUT2D eigenvalue weighted by atomic mass is 9.95. The van der Waals surface area contributed by atoms with Gasteiger partial charge >= 0.3 is 0 Å². The van der Waals surface area contributed by atoms with Crippen LogP contribution in [-0.2, 0) is 11.2 Å². The smallest absolute Gasteiger partial charge is 0.226 e. The van der Waals surface area contributed by atoms with Gasteiger partial charge in [-0.15, -0.1) is 10.2 Å². The first-order chi connectivity index (χ1) is 11.5. The SMILES string of the molecule is CC(C)n1cnnc1C1CCN(C(=O)Cc2ccc(Cl)cc2)CC1. The fourth-order valence-corrected chi connectivity index (χ4v) is 3.34. The largest absolute Gasteiger partial charge is 0.342 e. The van der Waals surface area contributed by atoms with Crippen molar-refractivity contribution in [2.45, 2.75) is 45.1 Å². The number of carbonyl (C=O) groups is 1. The van der Waals surface area contributed by atoms with E-state index in [9.17, 15) is 4.79 Å². The summed E-state index contributed by atoms with van der Waals surface area (Å²) in [4.78, 5) is 14.4. The summed E-state index contributed by atoms with van der Waals surface area (Å²) in [5.41, 5.74) is 1.01. The van der Waals surface area contributed by atoms with E-state index in [0.717, 1.165) is 37.3 Å². The van der Waals surface area contributed by atoms with Gasteiger partial charge in [0.25, 0.3) is 0 Å². The van der Waals surface area contributed by atoms with E-state index in [1.54, 1.807) is 6.33 Å². The van der Waals surface area contributed by atoms with Crippen molar-refractivity contribution in [2.24, 2.45) is 0 Å². The molecule has 0 spiro atoms. The van der Waals surface area contributed by atoms with Crippen molar-refractivity contribution in [2.75, 3.05) is 13.1 Å². The van der Waals surface area contributed by atoms with Crippen LogP contribution in [-0.4, -0.2) is 38.7 Å². The van der Waals surface area contributed by atoms with Crippen LogP contribution in [0, 0.1) is 0 Å². The maximum absolute atomic E-state index is 12.5. The molecule has 1 aliphatic rings. The fourth-order valence-electron chi connectivity index (χ4n) is 3.22. The summed E-state index contributed by atoms with van der Waals surface area (Å²) in [6, 6.07) is 7.85. The number of hydrogen-bond donors (Lipinski definition) is 0. The van der Waals surface area contributed by atoms with Crippen LogP contribution in [0.2, 0.25) is 5.02 Å². The Labute approximate surface area is 147 Å². The van der Waals surface area contributed by atoms with Crippen molar-refractivity contribution >= 4 is 17.5 Å². The summed E-state index contributed by atoms with van der Waals surface area (Å²) < 4.78 is 2.13. The van der Waals surface area contributed by atoms with Crippen molar-refractivity contribution in [3.05, 3.63) is 47.0 Å². The molecule has 1 saturated heterocycles. The van der Waals surface area contributed by atoms with Gasteiger partial charge in [-0.2, -0.15) is 0 Å². The molecular weight excluding hydrogens is 324 g/mol. The van der Waals surface area contributed by atoms with E-state index in [2.05, 4.69) is 28.6 Å². The Kier molecular flexibility index (Phi) is 5.19. The number of likely N-dealkylation sites (tertiary alicyclic amines) is 1. The minimum Gasteiger partial charge on any atom is -0.342 e. The molecule has 0 radical (unpaired) electrons. The molecule has 1 amide bonds. The second kappa shape index (κ2) is 7.34. The van der Waals surface area contributed by atoms with Crippen LogP contribution in [0.15, 0.2) is 30.6 Å². The number of carbonyl (C=O) groups excluding carboxylic acids is 1. The molecule has 1 aromatic carbocycles. The number of rotatable bonds is 4. The molecule has 0 atom stereocenters. The first-order valence-corrected chi connectivity index (χ1v) is 8.84. The zero-order valence-electron chi connectivity index (χ0n) is 14.2. The predicted molar refractivity (Wildman–Crippen MR) is 94.1 cm³/mol. The highest BCUT2D eigenvalue weighted by Gasteiger charge is 2.27. The van der Waals surface area contributed by atoms with Crippen molar-refractivity contribution in [1.29, 1.82) is 0 Å². The Morgan fingerprint density at radius 1 is 1.25 bits per heavy atom. The van der Waals surface area contributed by atoms with Gasteiger partial charge in [0, 0.05) is 30.1 Å². The van der Waals surface area contributed by atoms with Gasteiger partial charge in [-0.05, 0) is 44.4 Å². The van der Waals surface area contributed by atoms with E-state index in [0.29, 0.717) is 23.4 Å². The molecule has 0 unspecified atom stereocenters. The molecule has 6 heteroatoms. The maximum Gasteiger partial charge on any atom is 0.226 e. The second-order valence-corrected chi connectivity index (χ2v) is 7.08. The number of nitrogens with zero attached hydrogens (tertiary/aromatic N) is 4. The Morgan fingerprint density at radius 2 is 1.92 bits per heavy atom. The van der Waals surface area contributed by atoms with E-state index in [1.807, 2.05) is 29.2 Å². The van der Waals surface area contributed by atoms with Gasteiger partial charge in [0.15, 0.2) is 0 Å². The van der Waals surface area contributed by atoms with Gasteiger partial charge in [0.05, 0.1) is 6.42 Å². The highest BCUT2D eigenvalue weighted by atomic mass is 35.5. The molecule has 2 aromatic rings. The summed E-state index contributed by atoms with van der Waals surface area (Å²) in [5.74, 6) is 1.62. The van der Waals surface area contributed by atoms with Gasteiger partial charge in [-0.25, -0.2) is 0 Å². The van der Waals surface area contributed by atoms with Gasteiger partial charge in [0.2, 0.25) is 5.91 Å². The second-order valence-electron chi connectivity index (χ2n) is 6.65. The Morgan fingerprint density at radius 3 is 2.54 bits per heavy atom. The third-order valence-electron chi connectivity index (χ3n) is 4.64. The Bertz CT molecular complexity index is 687. The number of benzene rings is 1.